The van der Waals surface area contributed by atoms with E-state index in [1.165, 1.54) is 4.52 Å². The number of rotatable bonds is 2. The third-order valence-electron chi connectivity index (χ3n) is 2.39. The average molecular weight is 241 g/mol. The zero-order chi connectivity index (χ0) is 12.5. The molecule has 18 heavy (non-hydrogen) atoms. The summed E-state index contributed by atoms with van der Waals surface area (Å²) in [6, 6.07) is 5.37. The van der Waals surface area contributed by atoms with Crippen molar-refractivity contribution in [1.29, 1.82) is 0 Å². The summed E-state index contributed by atoms with van der Waals surface area (Å²) in [6.45, 7) is 0. The smallest absolute Gasteiger partial charge is 0.375 e. The van der Waals surface area contributed by atoms with Gasteiger partial charge in [0, 0.05) is 24.2 Å². The van der Waals surface area contributed by atoms with Crippen LogP contribution in [0.2, 0.25) is 0 Å². The van der Waals surface area contributed by atoms with Gasteiger partial charge in [-0.15, -0.1) is 5.10 Å². The lowest BCUT2D eigenvalue weighted by Crippen LogP contribution is -2.00. The van der Waals surface area contributed by atoms with Crippen molar-refractivity contribution < 1.29 is 9.90 Å². The van der Waals surface area contributed by atoms with Crippen LogP contribution in [-0.2, 0) is 0 Å². The number of nitrogens with zero attached hydrogens (tertiary/aromatic N) is 5. The van der Waals surface area contributed by atoms with E-state index in [9.17, 15) is 4.79 Å². The highest BCUT2D eigenvalue weighted by Gasteiger charge is 2.14. The maximum Gasteiger partial charge on any atom is 0.375 e. The Balaban J connectivity index is 2.27. The molecule has 7 nitrogen and oxygen atoms in total. The third kappa shape index (κ3) is 1.58. The second kappa shape index (κ2) is 3.88. The standard InChI is InChI=1S/C11H7N5O2/c17-10(18)9-14-11-13-5-3-8(16(11)15-9)7-2-1-4-12-6-7/h1-6H,(H,17,18). The second-order valence-corrected chi connectivity index (χ2v) is 3.52. The molecule has 0 aliphatic carbocycles. The van der Waals surface area contributed by atoms with Gasteiger partial charge in [0.25, 0.3) is 11.6 Å². The van der Waals surface area contributed by atoms with Crippen molar-refractivity contribution >= 4 is 11.7 Å². The van der Waals surface area contributed by atoms with Crippen LogP contribution in [0, 0.1) is 0 Å². The molecule has 7 heteroatoms. The van der Waals surface area contributed by atoms with E-state index in [-0.39, 0.29) is 11.6 Å². The number of aromatic nitrogens is 5. The lowest BCUT2D eigenvalue weighted by molar-refractivity contribution is 0.0684. The first kappa shape index (κ1) is 10.3. The molecule has 0 fully saturated rings. The molecule has 0 saturated carbocycles. The molecule has 3 rings (SSSR count). The largest absolute Gasteiger partial charge is 0.475 e. The first-order valence-corrected chi connectivity index (χ1v) is 5.11. The average Bonchev–Trinajstić information content (AvgIpc) is 2.83. The molecular weight excluding hydrogens is 234 g/mol. The van der Waals surface area contributed by atoms with Crippen molar-refractivity contribution in [2.45, 2.75) is 0 Å². The van der Waals surface area contributed by atoms with Crippen LogP contribution in [0.4, 0.5) is 0 Å². The molecule has 0 spiro atoms. The first-order chi connectivity index (χ1) is 8.75. The third-order valence-corrected chi connectivity index (χ3v) is 2.39. The molecule has 1 N–H and O–H groups in total. The van der Waals surface area contributed by atoms with Crippen molar-refractivity contribution in [3.8, 4) is 11.3 Å². The van der Waals surface area contributed by atoms with E-state index >= 15 is 0 Å². The number of carbonyl (C=O) groups is 1. The Morgan fingerprint density at radius 2 is 2.17 bits per heavy atom. The van der Waals surface area contributed by atoms with Gasteiger partial charge < -0.3 is 5.11 Å². The summed E-state index contributed by atoms with van der Waals surface area (Å²) in [5.74, 6) is -1.22. The molecule has 0 aliphatic heterocycles. The van der Waals surface area contributed by atoms with Gasteiger partial charge in [-0.3, -0.25) is 4.98 Å². The molecule has 0 amide bonds. The minimum Gasteiger partial charge on any atom is -0.475 e. The molecule has 0 bridgehead atoms. The molecule has 3 aromatic heterocycles. The van der Waals surface area contributed by atoms with Crippen LogP contribution in [0.5, 0.6) is 0 Å². The number of aromatic carboxylic acids is 1. The van der Waals surface area contributed by atoms with E-state index in [0.717, 1.165) is 5.56 Å². The maximum atomic E-state index is 10.8. The molecule has 0 atom stereocenters. The van der Waals surface area contributed by atoms with Gasteiger partial charge in [-0.05, 0) is 18.2 Å². The van der Waals surface area contributed by atoms with E-state index in [4.69, 9.17) is 5.11 Å². The number of pyridine rings is 1. The summed E-state index contributed by atoms with van der Waals surface area (Å²) in [5.41, 5.74) is 1.50. The Morgan fingerprint density at radius 3 is 2.89 bits per heavy atom. The fraction of sp³-hybridized carbons (Fsp3) is 0. The van der Waals surface area contributed by atoms with Crippen molar-refractivity contribution in [2.75, 3.05) is 0 Å². The number of carboxylic acid groups (broad SMARTS) is 1. The van der Waals surface area contributed by atoms with Crippen LogP contribution >= 0.6 is 0 Å². The highest BCUT2D eigenvalue weighted by Crippen LogP contribution is 2.17. The van der Waals surface area contributed by atoms with Crippen LogP contribution in [0.1, 0.15) is 10.6 Å². The van der Waals surface area contributed by atoms with Crippen LogP contribution in [0.3, 0.4) is 0 Å². The molecule has 0 unspecified atom stereocenters. The Kier molecular flexibility index (Phi) is 2.23. The summed E-state index contributed by atoms with van der Waals surface area (Å²) in [6.07, 6.45) is 4.88. The van der Waals surface area contributed by atoms with Crippen LogP contribution in [0.25, 0.3) is 17.0 Å². The summed E-state index contributed by atoms with van der Waals surface area (Å²) in [7, 11) is 0. The summed E-state index contributed by atoms with van der Waals surface area (Å²) >= 11 is 0. The summed E-state index contributed by atoms with van der Waals surface area (Å²) in [5, 5.41) is 12.8. The number of carboxylic acids is 1. The molecule has 88 valence electrons. The fourth-order valence-electron chi connectivity index (χ4n) is 1.62. The van der Waals surface area contributed by atoms with Crippen molar-refractivity contribution in [2.24, 2.45) is 0 Å². The summed E-state index contributed by atoms with van der Waals surface area (Å²) in [4.78, 5) is 22.6. The van der Waals surface area contributed by atoms with Gasteiger partial charge in [-0.1, -0.05) is 0 Å². The quantitative estimate of drug-likeness (QED) is 0.716. The minimum atomic E-state index is -1.18. The van der Waals surface area contributed by atoms with Gasteiger partial charge in [0.1, 0.15) is 0 Å². The lowest BCUT2D eigenvalue weighted by Gasteiger charge is -2.01. The van der Waals surface area contributed by atoms with E-state index in [1.807, 2.05) is 6.07 Å². The van der Waals surface area contributed by atoms with E-state index in [2.05, 4.69) is 20.1 Å². The number of hydrogen-bond acceptors (Lipinski definition) is 5. The Morgan fingerprint density at radius 1 is 1.28 bits per heavy atom. The predicted molar refractivity (Wildman–Crippen MR) is 61.0 cm³/mol. The molecule has 3 aromatic rings. The van der Waals surface area contributed by atoms with Crippen molar-refractivity contribution in [3.05, 3.63) is 42.6 Å². The van der Waals surface area contributed by atoms with Crippen molar-refractivity contribution in [3.63, 3.8) is 0 Å². The zero-order valence-electron chi connectivity index (χ0n) is 9.06. The second-order valence-electron chi connectivity index (χ2n) is 3.52. The van der Waals surface area contributed by atoms with Crippen molar-refractivity contribution in [1.82, 2.24) is 24.6 Å². The first-order valence-electron chi connectivity index (χ1n) is 5.11. The minimum absolute atomic E-state index is 0.244. The molecular formula is C11H7N5O2. The number of fused-ring (bicyclic) bond motifs is 1. The van der Waals surface area contributed by atoms with Crippen LogP contribution < -0.4 is 0 Å². The number of hydrogen-bond donors (Lipinski definition) is 1. The molecule has 0 radical (unpaired) electrons. The van der Waals surface area contributed by atoms with Gasteiger partial charge in [-0.2, -0.15) is 9.50 Å². The van der Waals surface area contributed by atoms with E-state index < -0.39 is 5.97 Å². The van der Waals surface area contributed by atoms with Gasteiger partial charge >= 0.3 is 5.97 Å². The highest BCUT2D eigenvalue weighted by molar-refractivity contribution is 5.83. The Hall–Kier alpha value is -2.83. The zero-order valence-corrected chi connectivity index (χ0v) is 9.06. The maximum absolute atomic E-state index is 10.8. The summed E-state index contributed by atoms with van der Waals surface area (Å²) < 4.78 is 1.39. The lowest BCUT2D eigenvalue weighted by atomic mass is 10.2. The van der Waals surface area contributed by atoms with E-state index in [0.29, 0.717) is 5.69 Å². The molecule has 0 saturated heterocycles. The molecule has 3 heterocycles. The van der Waals surface area contributed by atoms with Gasteiger partial charge in [0.15, 0.2) is 0 Å². The molecule has 0 aliphatic rings. The Bertz CT molecular complexity index is 723. The topological polar surface area (TPSA) is 93.3 Å². The SMILES string of the molecule is O=C(O)c1nc2nccc(-c3cccnc3)n2n1. The monoisotopic (exact) mass is 241 g/mol. The van der Waals surface area contributed by atoms with Gasteiger partial charge in [0.2, 0.25) is 0 Å². The normalized spacial score (nSPS) is 10.7. The van der Waals surface area contributed by atoms with Gasteiger partial charge in [-0.25, -0.2) is 9.78 Å². The highest BCUT2D eigenvalue weighted by atomic mass is 16.4. The van der Waals surface area contributed by atoms with Gasteiger partial charge in [0.05, 0.1) is 5.69 Å². The fourth-order valence-corrected chi connectivity index (χ4v) is 1.62. The van der Waals surface area contributed by atoms with Crippen LogP contribution in [0.15, 0.2) is 36.8 Å². The van der Waals surface area contributed by atoms with E-state index in [1.54, 1.807) is 30.7 Å². The Labute approximate surface area is 101 Å². The predicted octanol–water partition coefficient (Wildman–Crippen LogP) is 0.884. The van der Waals surface area contributed by atoms with Crippen LogP contribution in [-0.4, -0.2) is 35.6 Å². The molecule has 0 aromatic carbocycles.